The molecule has 2 aliphatic rings. The SMILES string of the molecule is CN1C[C@H](COCc2ccccn2)[C@]2(CCN(C(=O)c3ccn[nH]3)C2)C1. The molecule has 0 aromatic carbocycles. The number of rotatable bonds is 5. The molecular weight excluding hydrogens is 330 g/mol. The summed E-state index contributed by atoms with van der Waals surface area (Å²) >= 11 is 0. The summed E-state index contributed by atoms with van der Waals surface area (Å²) in [6, 6.07) is 7.61. The Labute approximate surface area is 153 Å². The van der Waals surface area contributed by atoms with Crippen molar-refractivity contribution in [1.29, 1.82) is 0 Å². The van der Waals surface area contributed by atoms with E-state index in [1.54, 1.807) is 18.5 Å². The molecule has 2 aromatic heterocycles. The topological polar surface area (TPSA) is 74.3 Å². The fourth-order valence-corrected chi connectivity index (χ4v) is 4.40. The van der Waals surface area contributed by atoms with Crippen molar-refractivity contribution < 1.29 is 9.53 Å². The highest BCUT2D eigenvalue weighted by Gasteiger charge is 2.50. The average Bonchev–Trinajstić information content (AvgIpc) is 3.37. The third-order valence-corrected chi connectivity index (χ3v) is 5.68. The summed E-state index contributed by atoms with van der Waals surface area (Å²) in [6.07, 6.45) is 4.44. The molecule has 2 aliphatic heterocycles. The predicted molar refractivity (Wildman–Crippen MR) is 96.4 cm³/mol. The largest absolute Gasteiger partial charge is 0.375 e. The van der Waals surface area contributed by atoms with Crippen LogP contribution in [-0.2, 0) is 11.3 Å². The van der Waals surface area contributed by atoms with Gasteiger partial charge in [0.25, 0.3) is 5.91 Å². The summed E-state index contributed by atoms with van der Waals surface area (Å²) in [4.78, 5) is 21.3. The summed E-state index contributed by atoms with van der Waals surface area (Å²) < 4.78 is 6.00. The van der Waals surface area contributed by atoms with Gasteiger partial charge in [0.15, 0.2) is 0 Å². The van der Waals surface area contributed by atoms with Gasteiger partial charge in [-0.25, -0.2) is 0 Å². The number of amides is 1. The third kappa shape index (κ3) is 3.37. The summed E-state index contributed by atoms with van der Waals surface area (Å²) in [5.41, 5.74) is 1.64. The van der Waals surface area contributed by atoms with Crippen molar-refractivity contribution in [3.8, 4) is 0 Å². The Morgan fingerprint density at radius 3 is 3.04 bits per heavy atom. The number of nitrogens with one attached hydrogen (secondary N) is 1. The van der Waals surface area contributed by atoms with Gasteiger partial charge in [-0.15, -0.1) is 0 Å². The second-order valence-electron chi connectivity index (χ2n) is 7.54. The number of hydrogen-bond donors (Lipinski definition) is 1. The molecule has 1 spiro atoms. The third-order valence-electron chi connectivity index (χ3n) is 5.68. The molecule has 138 valence electrons. The first-order chi connectivity index (χ1) is 12.7. The number of nitrogens with zero attached hydrogens (tertiary/aromatic N) is 4. The van der Waals surface area contributed by atoms with Gasteiger partial charge in [0.1, 0.15) is 5.69 Å². The number of hydrogen-bond acceptors (Lipinski definition) is 5. The quantitative estimate of drug-likeness (QED) is 0.878. The molecule has 2 atom stereocenters. The summed E-state index contributed by atoms with van der Waals surface area (Å²) in [7, 11) is 2.15. The fourth-order valence-electron chi connectivity index (χ4n) is 4.40. The van der Waals surface area contributed by atoms with E-state index in [0.717, 1.165) is 38.3 Å². The van der Waals surface area contributed by atoms with E-state index >= 15 is 0 Å². The van der Waals surface area contributed by atoms with Crippen LogP contribution in [0, 0.1) is 11.3 Å². The second-order valence-corrected chi connectivity index (χ2v) is 7.54. The molecule has 4 heterocycles. The Morgan fingerprint density at radius 1 is 1.35 bits per heavy atom. The molecule has 1 amide bonds. The lowest BCUT2D eigenvalue weighted by atomic mass is 9.77. The van der Waals surface area contributed by atoms with Gasteiger partial charge in [-0.2, -0.15) is 5.10 Å². The Hall–Kier alpha value is -2.25. The van der Waals surface area contributed by atoms with Gasteiger partial charge >= 0.3 is 0 Å². The van der Waals surface area contributed by atoms with E-state index < -0.39 is 0 Å². The van der Waals surface area contributed by atoms with Gasteiger partial charge in [-0.1, -0.05) is 6.07 Å². The molecule has 0 saturated carbocycles. The number of H-pyrrole nitrogens is 1. The molecule has 4 rings (SSSR count). The number of carbonyl (C=O) groups is 1. The van der Waals surface area contributed by atoms with E-state index in [1.165, 1.54) is 0 Å². The maximum Gasteiger partial charge on any atom is 0.271 e. The van der Waals surface area contributed by atoms with Crippen molar-refractivity contribution in [2.75, 3.05) is 39.8 Å². The van der Waals surface area contributed by atoms with Crippen molar-refractivity contribution in [1.82, 2.24) is 25.0 Å². The molecule has 2 saturated heterocycles. The normalized spacial score (nSPS) is 26.0. The number of aromatic nitrogens is 3. The highest BCUT2D eigenvalue weighted by molar-refractivity contribution is 5.92. The number of pyridine rings is 1. The zero-order valence-corrected chi connectivity index (χ0v) is 15.1. The van der Waals surface area contributed by atoms with Crippen molar-refractivity contribution in [3.05, 3.63) is 48.0 Å². The van der Waals surface area contributed by atoms with Crippen LogP contribution in [0.5, 0.6) is 0 Å². The molecular formula is C19H25N5O2. The van der Waals surface area contributed by atoms with E-state index in [-0.39, 0.29) is 11.3 Å². The van der Waals surface area contributed by atoms with Crippen LogP contribution in [0.2, 0.25) is 0 Å². The molecule has 0 unspecified atom stereocenters. The molecule has 0 bridgehead atoms. The lowest BCUT2D eigenvalue weighted by Gasteiger charge is -2.30. The zero-order chi connectivity index (χ0) is 18.0. The number of likely N-dealkylation sites (tertiary alicyclic amines) is 2. The first kappa shape index (κ1) is 17.2. The van der Waals surface area contributed by atoms with Gasteiger partial charge in [0.2, 0.25) is 0 Å². The molecule has 0 aliphatic carbocycles. The lowest BCUT2D eigenvalue weighted by Crippen LogP contribution is -2.38. The Balaban J connectivity index is 1.39. The fraction of sp³-hybridized carbons (Fsp3) is 0.526. The Bertz CT molecular complexity index is 736. The zero-order valence-electron chi connectivity index (χ0n) is 15.1. The van der Waals surface area contributed by atoms with Crippen molar-refractivity contribution in [2.24, 2.45) is 11.3 Å². The average molecular weight is 355 g/mol. The van der Waals surface area contributed by atoms with Crippen LogP contribution >= 0.6 is 0 Å². The smallest absolute Gasteiger partial charge is 0.271 e. The van der Waals surface area contributed by atoms with E-state index in [0.29, 0.717) is 24.8 Å². The first-order valence-corrected chi connectivity index (χ1v) is 9.11. The summed E-state index contributed by atoms with van der Waals surface area (Å²) in [6.45, 7) is 4.84. The minimum atomic E-state index is 0.0436. The van der Waals surface area contributed by atoms with Crippen LogP contribution in [-0.4, -0.2) is 70.7 Å². The van der Waals surface area contributed by atoms with Crippen LogP contribution in [0.25, 0.3) is 0 Å². The Kier molecular flexibility index (Phi) is 4.74. The standard InChI is InChI=1S/C19H25N5O2/c1-23-10-15(11-26-12-16-4-2-3-7-20-16)19(13-23)6-9-24(14-19)18(25)17-5-8-21-22-17/h2-5,7-8,15H,6,9-14H2,1H3,(H,21,22)/t15-,19-/m1/s1. The highest BCUT2D eigenvalue weighted by atomic mass is 16.5. The summed E-state index contributed by atoms with van der Waals surface area (Å²) in [5.74, 6) is 0.470. The molecule has 7 nitrogen and oxygen atoms in total. The molecule has 26 heavy (non-hydrogen) atoms. The van der Waals surface area contributed by atoms with Crippen molar-refractivity contribution in [2.45, 2.75) is 13.0 Å². The van der Waals surface area contributed by atoms with Crippen molar-refractivity contribution >= 4 is 5.91 Å². The van der Waals surface area contributed by atoms with E-state index in [9.17, 15) is 4.79 Å². The first-order valence-electron chi connectivity index (χ1n) is 9.11. The lowest BCUT2D eigenvalue weighted by molar-refractivity contribution is 0.0482. The molecule has 2 aromatic rings. The van der Waals surface area contributed by atoms with E-state index in [4.69, 9.17) is 4.74 Å². The molecule has 7 heteroatoms. The minimum Gasteiger partial charge on any atom is -0.375 e. The van der Waals surface area contributed by atoms with Gasteiger partial charge in [-0.05, 0) is 31.7 Å². The van der Waals surface area contributed by atoms with Gasteiger partial charge in [-0.3, -0.25) is 14.9 Å². The predicted octanol–water partition coefficient (Wildman–Crippen LogP) is 1.42. The summed E-state index contributed by atoms with van der Waals surface area (Å²) in [5, 5.41) is 6.68. The maximum atomic E-state index is 12.6. The van der Waals surface area contributed by atoms with E-state index in [1.807, 2.05) is 23.1 Å². The second kappa shape index (κ2) is 7.17. The minimum absolute atomic E-state index is 0.0436. The van der Waals surface area contributed by atoms with E-state index in [2.05, 4.69) is 27.1 Å². The van der Waals surface area contributed by atoms with Crippen LogP contribution in [0.1, 0.15) is 22.6 Å². The van der Waals surface area contributed by atoms with Gasteiger partial charge in [0.05, 0.1) is 18.9 Å². The highest BCUT2D eigenvalue weighted by Crippen LogP contribution is 2.43. The number of aromatic amines is 1. The van der Waals surface area contributed by atoms with Crippen molar-refractivity contribution in [3.63, 3.8) is 0 Å². The Morgan fingerprint density at radius 2 is 2.27 bits per heavy atom. The number of ether oxygens (including phenoxy) is 1. The van der Waals surface area contributed by atoms with Crippen LogP contribution < -0.4 is 0 Å². The molecule has 0 radical (unpaired) electrons. The monoisotopic (exact) mass is 355 g/mol. The van der Waals surface area contributed by atoms with Gasteiger partial charge < -0.3 is 14.5 Å². The van der Waals surface area contributed by atoms with Crippen LogP contribution in [0.15, 0.2) is 36.7 Å². The number of carbonyl (C=O) groups excluding carboxylic acids is 1. The molecule has 2 fully saturated rings. The molecule has 1 N–H and O–H groups in total. The van der Waals surface area contributed by atoms with Crippen LogP contribution in [0.3, 0.4) is 0 Å². The maximum absolute atomic E-state index is 12.6. The van der Waals surface area contributed by atoms with Gasteiger partial charge in [0, 0.05) is 49.9 Å². The van der Waals surface area contributed by atoms with Crippen LogP contribution in [0.4, 0.5) is 0 Å².